The summed E-state index contributed by atoms with van der Waals surface area (Å²) in [5, 5.41) is 1.01. The molecule has 0 amide bonds. The van der Waals surface area contributed by atoms with E-state index in [0.717, 1.165) is 35.9 Å². The van der Waals surface area contributed by atoms with Gasteiger partial charge in [-0.25, -0.2) is 4.39 Å². The lowest BCUT2D eigenvalue weighted by Gasteiger charge is -2.24. The fourth-order valence-corrected chi connectivity index (χ4v) is 2.98. The molecule has 1 aromatic heterocycles. The second-order valence-corrected chi connectivity index (χ2v) is 5.09. The molecule has 3 heteroatoms. The summed E-state index contributed by atoms with van der Waals surface area (Å²) in [5.41, 5.74) is 1.88. The van der Waals surface area contributed by atoms with Crippen LogP contribution in [-0.2, 0) is 4.79 Å². The molecule has 18 heavy (non-hydrogen) atoms. The van der Waals surface area contributed by atoms with Gasteiger partial charge in [0.05, 0.1) is 11.6 Å². The number of carbonyl (C=O) groups is 1. The number of hydrogen-bond donors (Lipinski definition) is 0. The Morgan fingerprint density at radius 1 is 1.28 bits per heavy atom. The Labute approximate surface area is 105 Å². The summed E-state index contributed by atoms with van der Waals surface area (Å²) in [6.45, 7) is 1.99. The summed E-state index contributed by atoms with van der Waals surface area (Å²) in [6.07, 6.45) is 3.59. The Hall–Kier alpha value is -1.64. The molecule has 1 aromatic carbocycles. The highest BCUT2D eigenvalue weighted by molar-refractivity contribution is 5.88. The number of aromatic nitrogens is 1. The van der Waals surface area contributed by atoms with Crippen LogP contribution in [0.3, 0.4) is 0 Å². The maximum atomic E-state index is 13.4. The van der Waals surface area contributed by atoms with E-state index >= 15 is 0 Å². The average molecular weight is 245 g/mol. The van der Waals surface area contributed by atoms with Crippen LogP contribution in [0.4, 0.5) is 4.39 Å². The number of ketones is 1. The van der Waals surface area contributed by atoms with Crippen LogP contribution in [0.25, 0.3) is 10.9 Å². The Balaban J connectivity index is 2.17. The Kier molecular flexibility index (Phi) is 2.69. The number of rotatable bonds is 1. The molecule has 3 rings (SSSR count). The minimum absolute atomic E-state index is 0.0990. The van der Waals surface area contributed by atoms with E-state index < -0.39 is 0 Å². The summed E-state index contributed by atoms with van der Waals surface area (Å²) in [5.74, 6) is 0.0382. The fourth-order valence-electron chi connectivity index (χ4n) is 2.98. The number of nitrogens with zero attached hydrogens (tertiary/aromatic N) is 1. The molecule has 0 radical (unpaired) electrons. The summed E-state index contributed by atoms with van der Waals surface area (Å²) in [7, 11) is 0. The standard InChI is InChI=1S/C15H16FNO/c1-10-8-11-6-7-12(16)9-14(11)17(10)13-4-2-3-5-15(13)18/h6-9,13H,2-5H2,1H3. The number of Topliss-reactive ketones (excluding diaryl/α,β-unsaturated/α-hetero) is 1. The van der Waals surface area contributed by atoms with Crippen LogP contribution in [0.15, 0.2) is 24.3 Å². The topological polar surface area (TPSA) is 22.0 Å². The van der Waals surface area contributed by atoms with Gasteiger partial charge in [0, 0.05) is 17.5 Å². The molecule has 1 aliphatic carbocycles. The molecule has 1 atom stereocenters. The lowest BCUT2D eigenvalue weighted by Crippen LogP contribution is -2.23. The molecule has 2 nitrogen and oxygen atoms in total. The van der Waals surface area contributed by atoms with Gasteiger partial charge in [-0.15, -0.1) is 0 Å². The van der Waals surface area contributed by atoms with E-state index in [1.807, 2.05) is 17.6 Å². The van der Waals surface area contributed by atoms with Gasteiger partial charge in [-0.2, -0.15) is 0 Å². The predicted octanol–water partition coefficient (Wildman–Crippen LogP) is 3.77. The normalized spacial score (nSPS) is 20.6. The van der Waals surface area contributed by atoms with Crippen molar-refractivity contribution in [1.82, 2.24) is 4.57 Å². The molecular formula is C15H16FNO. The van der Waals surface area contributed by atoms with Crippen LogP contribution in [0.5, 0.6) is 0 Å². The first-order valence-corrected chi connectivity index (χ1v) is 6.46. The average Bonchev–Trinajstić information content (AvgIpc) is 2.66. The van der Waals surface area contributed by atoms with Crippen molar-refractivity contribution in [3.8, 4) is 0 Å². The molecule has 1 fully saturated rings. The van der Waals surface area contributed by atoms with Crippen molar-refractivity contribution in [3.63, 3.8) is 0 Å². The van der Waals surface area contributed by atoms with Crippen molar-refractivity contribution in [2.24, 2.45) is 0 Å². The zero-order valence-electron chi connectivity index (χ0n) is 10.4. The van der Waals surface area contributed by atoms with Gasteiger partial charge in [0.1, 0.15) is 5.82 Å². The van der Waals surface area contributed by atoms with Gasteiger partial charge < -0.3 is 4.57 Å². The Bertz CT molecular complexity index is 614. The van der Waals surface area contributed by atoms with Gasteiger partial charge in [0.2, 0.25) is 0 Å². The van der Waals surface area contributed by atoms with Gasteiger partial charge in [-0.1, -0.05) is 6.42 Å². The van der Waals surface area contributed by atoms with Gasteiger partial charge in [-0.3, -0.25) is 4.79 Å². The Morgan fingerprint density at radius 3 is 2.89 bits per heavy atom. The highest BCUT2D eigenvalue weighted by atomic mass is 19.1. The van der Waals surface area contributed by atoms with E-state index in [1.54, 1.807) is 6.07 Å². The molecule has 94 valence electrons. The molecule has 1 aliphatic rings. The molecule has 1 saturated carbocycles. The van der Waals surface area contributed by atoms with Crippen LogP contribution in [-0.4, -0.2) is 10.4 Å². The molecule has 0 spiro atoms. The van der Waals surface area contributed by atoms with Crippen molar-refractivity contribution >= 4 is 16.7 Å². The van der Waals surface area contributed by atoms with Crippen LogP contribution in [0.1, 0.15) is 37.4 Å². The maximum absolute atomic E-state index is 13.4. The zero-order chi connectivity index (χ0) is 12.7. The quantitative estimate of drug-likeness (QED) is 0.749. The van der Waals surface area contributed by atoms with Crippen LogP contribution in [0, 0.1) is 12.7 Å². The first-order chi connectivity index (χ1) is 8.66. The molecule has 0 N–H and O–H groups in total. The minimum Gasteiger partial charge on any atom is -0.334 e. The van der Waals surface area contributed by atoms with Crippen LogP contribution in [0.2, 0.25) is 0 Å². The van der Waals surface area contributed by atoms with Crippen LogP contribution < -0.4 is 0 Å². The third kappa shape index (κ3) is 1.74. The van der Waals surface area contributed by atoms with Crippen molar-refractivity contribution in [1.29, 1.82) is 0 Å². The monoisotopic (exact) mass is 245 g/mol. The second-order valence-electron chi connectivity index (χ2n) is 5.09. The number of carbonyl (C=O) groups excluding carboxylic acids is 1. The summed E-state index contributed by atoms with van der Waals surface area (Å²) in [4.78, 5) is 12.1. The van der Waals surface area contributed by atoms with Gasteiger partial charge >= 0.3 is 0 Å². The Morgan fingerprint density at radius 2 is 2.11 bits per heavy atom. The first-order valence-electron chi connectivity index (χ1n) is 6.46. The van der Waals surface area contributed by atoms with E-state index in [0.29, 0.717) is 6.42 Å². The molecule has 0 bridgehead atoms. The zero-order valence-corrected chi connectivity index (χ0v) is 10.4. The number of fused-ring (bicyclic) bond motifs is 1. The van der Waals surface area contributed by atoms with Crippen molar-refractivity contribution in [3.05, 3.63) is 35.8 Å². The fraction of sp³-hybridized carbons (Fsp3) is 0.400. The maximum Gasteiger partial charge on any atom is 0.155 e. The molecule has 2 aromatic rings. The molecule has 1 heterocycles. The number of aryl methyl sites for hydroxylation is 1. The van der Waals surface area contributed by atoms with E-state index in [-0.39, 0.29) is 17.6 Å². The van der Waals surface area contributed by atoms with Crippen molar-refractivity contribution in [2.45, 2.75) is 38.6 Å². The second kappa shape index (κ2) is 4.23. The number of benzene rings is 1. The summed E-state index contributed by atoms with van der Waals surface area (Å²) < 4.78 is 15.4. The highest BCUT2D eigenvalue weighted by Crippen LogP contribution is 2.31. The minimum atomic E-state index is -0.245. The molecule has 0 aliphatic heterocycles. The summed E-state index contributed by atoms with van der Waals surface area (Å²) >= 11 is 0. The predicted molar refractivity (Wildman–Crippen MR) is 69.1 cm³/mol. The van der Waals surface area contributed by atoms with E-state index in [1.165, 1.54) is 12.1 Å². The third-order valence-corrected chi connectivity index (χ3v) is 3.83. The van der Waals surface area contributed by atoms with Crippen LogP contribution >= 0.6 is 0 Å². The molecular weight excluding hydrogens is 229 g/mol. The number of halogens is 1. The highest BCUT2D eigenvalue weighted by Gasteiger charge is 2.25. The van der Waals surface area contributed by atoms with Gasteiger partial charge in [0.25, 0.3) is 0 Å². The van der Waals surface area contributed by atoms with E-state index in [2.05, 4.69) is 0 Å². The lowest BCUT2D eigenvalue weighted by atomic mass is 9.93. The lowest BCUT2D eigenvalue weighted by molar-refractivity contribution is -0.123. The van der Waals surface area contributed by atoms with Gasteiger partial charge in [0.15, 0.2) is 5.78 Å². The van der Waals surface area contributed by atoms with Gasteiger partial charge in [-0.05, 0) is 44.0 Å². The smallest absolute Gasteiger partial charge is 0.155 e. The number of hydrogen-bond acceptors (Lipinski definition) is 1. The molecule has 1 unspecified atom stereocenters. The van der Waals surface area contributed by atoms with E-state index in [4.69, 9.17) is 0 Å². The third-order valence-electron chi connectivity index (χ3n) is 3.83. The molecule has 0 saturated heterocycles. The van der Waals surface area contributed by atoms with Crippen molar-refractivity contribution in [2.75, 3.05) is 0 Å². The van der Waals surface area contributed by atoms with Crippen molar-refractivity contribution < 1.29 is 9.18 Å². The van der Waals surface area contributed by atoms with E-state index in [9.17, 15) is 9.18 Å². The SMILES string of the molecule is Cc1cc2ccc(F)cc2n1C1CCCCC1=O. The first kappa shape index (κ1) is 11.5. The largest absolute Gasteiger partial charge is 0.334 e. The summed E-state index contributed by atoms with van der Waals surface area (Å²) in [6, 6.07) is 6.70.